The molecule has 0 aliphatic rings. The summed E-state index contributed by atoms with van der Waals surface area (Å²) in [5.41, 5.74) is 1.36. The lowest BCUT2D eigenvalue weighted by Crippen LogP contribution is -2.18. The molecular formula is C17H28ClN. The van der Waals surface area contributed by atoms with Gasteiger partial charge in [0.05, 0.1) is 0 Å². The van der Waals surface area contributed by atoms with Crippen molar-refractivity contribution < 1.29 is 0 Å². The van der Waals surface area contributed by atoms with Crippen LogP contribution < -0.4 is 5.32 Å². The number of unbranched alkanes of at least 4 members (excludes halogenated alkanes) is 6. The van der Waals surface area contributed by atoms with Crippen LogP contribution >= 0.6 is 11.6 Å². The molecule has 0 heterocycles. The molecule has 0 saturated heterocycles. The van der Waals surface area contributed by atoms with Crippen molar-refractivity contribution >= 4 is 11.6 Å². The molecule has 0 unspecified atom stereocenters. The van der Waals surface area contributed by atoms with Gasteiger partial charge in [-0.2, -0.15) is 0 Å². The third-order valence-electron chi connectivity index (χ3n) is 3.46. The molecule has 0 spiro atoms. The predicted octanol–water partition coefficient (Wildman–Crippen LogP) is 5.22. The normalized spacial score (nSPS) is 10.8. The smallest absolute Gasteiger partial charge is 0.0406 e. The molecule has 1 rings (SSSR count). The highest BCUT2D eigenvalue weighted by atomic mass is 35.5. The van der Waals surface area contributed by atoms with E-state index in [9.17, 15) is 0 Å². The van der Waals surface area contributed by atoms with Gasteiger partial charge in [0.1, 0.15) is 0 Å². The summed E-state index contributed by atoms with van der Waals surface area (Å²) < 4.78 is 0. The molecule has 0 amide bonds. The number of rotatable bonds is 11. The lowest BCUT2D eigenvalue weighted by Gasteiger charge is -2.05. The van der Waals surface area contributed by atoms with Gasteiger partial charge >= 0.3 is 0 Å². The first-order chi connectivity index (χ1) is 9.33. The third-order valence-corrected chi connectivity index (χ3v) is 3.71. The summed E-state index contributed by atoms with van der Waals surface area (Å²) in [5, 5.41) is 4.34. The summed E-state index contributed by atoms with van der Waals surface area (Å²) in [7, 11) is 0. The van der Waals surface area contributed by atoms with Gasteiger partial charge in [0, 0.05) is 5.02 Å². The summed E-state index contributed by atoms with van der Waals surface area (Å²) >= 11 is 5.86. The zero-order valence-electron chi connectivity index (χ0n) is 12.3. The Balaban J connectivity index is 1.87. The summed E-state index contributed by atoms with van der Waals surface area (Å²) in [6, 6.07) is 8.15. The Bertz CT molecular complexity index is 308. The second-order valence-electron chi connectivity index (χ2n) is 5.25. The van der Waals surface area contributed by atoms with Crippen molar-refractivity contribution in [3.8, 4) is 0 Å². The van der Waals surface area contributed by atoms with Gasteiger partial charge in [0.25, 0.3) is 0 Å². The van der Waals surface area contributed by atoms with Gasteiger partial charge < -0.3 is 5.32 Å². The van der Waals surface area contributed by atoms with E-state index in [1.165, 1.54) is 50.5 Å². The Morgan fingerprint density at radius 1 is 0.842 bits per heavy atom. The first-order valence-electron chi connectivity index (χ1n) is 7.78. The molecule has 19 heavy (non-hydrogen) atoms. The topological polar surface area (TPSA) is 12.0 Å². The van der Waals surface area contributed by atoms with Gasteiger partial charge in [-0.15, -0.1) is 0 Å². The van der Waals surface area contributed by atoms with Crippen LogP contribution in [0.25, 0.3) is 0 Å². The Kier molecular flexibility index (Phi) is 9.84. The maximum absolute atomic E-state index is 5.86. The summed E-state index contributed by atoms with van der Waals surface area (Å²) in [6.45, 7) is 4.49. The molecule has 0 fully saturated rings. The fraction of sp³-hybridized carbons (Fsp3) is 0.647. The highest BCUT2D eigenvalue weighted by Gasteiger charge is 1.94. The average Bonchev–Trinajstić information content (AvgIpc) is 2.43. The molecule has 1 nitrogen and oxygen atoms in total. The zero-order chi connectivity index (χ0) is 13.8. The van der Waals surface area contributed by atoms with E-state index < -0.39 is 0 Å². The molecule has 0 bridgehead atoms. The maximum atomic E-state index is 5.86. The van der Waals surface area contributed by atoms with Crippen molar-refractivity contribution in [2.24, 2.45) is 0 Å². The minimum atomic E-state index is 0.819. The van der Waals surface area contributed by atoms with Crippen LogP contribution in [0.5, 0.6) is 0 Å². The van der Waals surface area contributed by atoms with Crippen molar-refractivity contribution in [1.29, 1.82) is 0 Å². The van der Waals surface area contributed by atoms with E-state index in [-0.39, 0.29) is 0 Å². The highest BCUT2D eigenvalue weighted by Crippen LogP contribution is 2.09. The largest absolute Gasteiger partial charge is 0.316 e. The highest BCUT2D eigenvalue weighted by molar-refractivity contribution is 6.30. The van der Waals surface area contributed by atoms with E-state index >= 15 is 0 Å². The molecule has 108 valence electrons. The van der Waals surface area contributed by atoms with Crippen LogP contribution in [-0.4, -0.2) is 13.1 Å². The van der Waals surface area contributed by atoms with Crippen LogP contribution in [0.3, 0.4) is 0 Å². The van der Waals surface area contributed by atoms with Gasteiger partial charge in [-0.05, 0) is 43.6 Å². The molecule has 0 aromatic heterocycles. The quantitative estimate of drug-likeness (QED) is 0.548. The SMILES string of the molecule is CCCCCCCCCNCCc1ccc(Cl)cc1. The van der Waals surface area contributed by atoms with E-state index in [1.54, 1.807) is 0 Å². The third kappa shape index (κ3) is 9.07. The average molecular weight is 282 g/mol. The monoisotopic (exact) mass is 281 g/mol. The molecule has 1 aromatic carbocycles. The van der Waals surface area contributed by atoms with Gasteiger partial charge in [0.2, 0.25) is 0 Å². The minimum absolute atomic E-state index is 0.819. The van der Waals surface area contributed by atoms with Crippen LogP contribution in [0.2, 0.25) is 5.02 Å². The first kappa shape index (κ1) is 16.5. The number of benzene rings is 1. The van der Waals surface area contributed by atoms with Gasteiger partial charge in [-0.3, -0.25) is 0 Å². The number of hydrogen-bond donors (Lipinski definition) is 1. The molecule has 0 aliphatic heterocycles. The fourth-order valence-electron chi connectivity index (χ4n) is 2.22. The fourth-order valence-corrected chi connectivity index (χ4v) is 2.34. The molecule has 0 aliphatic carbocycles. The van der Waals surface area contributed by atoms with E-state index in [2.05, 4.69) is 24.4 Å². The predicted molar refractivity (Wildman–Crippen MR) is 86.0 cm³/mol. The van der Waals surface area contributed by atoms with Crippen molar-refractivity contribution in [2.75, 3.05) is 13.1 Å². The lowest BCUT2D eigenvalue weighted by atomic mass is 10.1. The van der Waals surface area contributed by atoms with E-state index in [4.69, 9.17) is 11.6 Å². The molecule has 1 N–H and O–H groups in total. The second kappa shape index (κ2) is 11.3. The van der Waals surface area contributed by atoms with Gasteiger partial charge in [-0.25, -0.2) is 0 Å². The Morgan fingerprint density at radius 3 is 2.16 bits per heavy atom. The summed E-state index contributed by atoms with van der Waals surface area (Å²) in [6.07, 6.45) is 10.8. The first-order valence-corrected chi connectivity index (χ1v) is 8.16. The molecule has 1 aromatic rings. The van der Waals surface area contributed by atoms with E-state index in [0.29, 0.717) is 0 Å². The van der Waals surface area contributed by atoms with Gasteiger partial charge in [-0.1, -0.05) is 69.2 Å². The van der Waals surface area contributed by atoms with Gasteiger partial charge in [0.15, 0.2) is 0 Å². The maximum Gasteiger partial charge on any atom is 0.0406 e. The summed E-state index contributed by atoms with van der Waals surface area (Å²) in [4.78, 5) is 0. The molecular weight excluding hydrogens is 254 g/mol. The van der Waals surface area contributed by atoms with E-state index in [0.717, 1.165) is 24.5 Å². The van der Waals surface area contributed by atoms with Crippen LogP contribution in [0.1, 0.15) is 57.4 Å². The van der Waals surface area contributed by atoms with Crippen molar-refractivity contribution in [3.63, 3.8) is 0 Å². The summed E-state index contributed by atoms with van der Waals surface area (Å²) in [5.74, 6) is 0. The Hall–Kier alpha value is -0.530. The van der Waals surface area contributed by atoms with Crippen molar-refractivity contribution in [2.45, 2.75) is 58.3 Å². The standard InChI is InChI=1S/C17H28ClN/c1-2-3-4-5-6-7-8-14-19-15-13-16-9-11-17(18)12-10-16/h9-12,19H,2-8,13-15H2,1H3. The molecule has 0 saturated carbocycles. The van der Waals surface area contributed by atoms with Crippen LogP contribution in [0.4, 0.5) is 0 Å². The zero-order valence-corrected chi connectivity index (χ0v) is 13.0. The number of hydrogen-bond acceptors (Lipinski definition) is 1. The molecule has 0 radical (unpaired) electrons. The Labute approximate surface area is 123 Å². The minimum Gasteiger partial charge on any atom is -0.316 e. The molecule has 2 heteroatoms. The number of halogens is 1. The van der Waals surface area contributed by atoms with Crippen LogP contribution in [0.15, 0.2) is 24.3 Å². The van der Waals surface area contributed by atoms with Crippen LogP contribution in [-0.2, 0) is 6.42 Å². The Morgan fingerprint density at radius 2 is 1.47 bits per heavy atom. The lowest BCUT2D eigenvalue weighted by molar-refractivity contribution is 0.563. The number of nitrogens with one attached hydrogen (secondary N) is 1. The van der Waals surface area contributed by atoms with E-state index in [1.807, 2.05) is 12.1 Å². The van der Waals surface area contributed by atoms with Crippen molar-refractivity contribution in [1.82, 2.24) is 5.32 Å². The second-order valence-corrected chi connectivity index (χ2v) is 5.68. The van der Waals surface area contributed by atoms with Crippen molar-refractivity contribution in [3.05, 3.63) is 34.9 Å². The molecule has 0 atom stereocenters. The van der Waals surface area contributed by atoms with Crippen LogP contribution in [0, 0.1) is 0 Å².